The smallest absolute Gasteiger partial charge is 0.543 e. The molecule has 0 saturated heterocycles. The molecule has 0 aliphatic heterocycles. The van der Waals surface area contributed by atoms with Gasteiger partial charge in [-0.1, -0.05) is 15.9 Å². The van der Waals surface area contributed by atoms with Crippen molar-refractivity contribution in [1.82, 2.24) is 14.4 Å². The van der Waals surface area contributed by atoms with Crippen molar-refractivity contribution in [2.24, 2.45) is 0 Å². The fourth-order valence-corrected chi connectivity index (χ4v) is 3.01. The summed E-state index contributed by atoms with van der Waals surface area (Å²) in [6.45, 7) is 0. The fraction of sp³-hybridized carbons (Fsp3) is 0.188. The third-order valence-electron chi connectivity index (χ3n) is 3.96. The molecule has 0 bridgehead atoms. The van der Waals surface area contributed by atoms with Crippen LogP contribution in [0.15, 0.2) is 28.7 Å². The van der Waals surface area contributed by atoms with E-state index in [9.17, 15) is 18.7 Å². The molecule has 2 aromatic heterocycles. The molecule has 0 amide bonds. The Hall–Kier alpha value is -1.75. The van der Waals surface area contributed by atoms with Gasteiger partial charge >= 0.3 is 18.9 Å². The monoisotopic (exact) mass is 399 g/mol. The molecule has 0 atom stereocenters. The molecule has 1 aromatic carbocycles. The Morgan fingerprint density at radius 2 is 1.96 bits per heavy atom. The summed E-state index contributed by atoms with van der Waals surface area (Å²) in [5.74, 6) is -2.93. The first kappa shape index (κ1) is 18.1. The quantitative estimate of drug-likeness (QED) is 0.566. The third kappa shape index (κ3) is 3.10. The van der Waals surface area contributed by atoms with E-state index in [0.717, 1.165) is 17.2 Å². The molecule has 1 fully saturated rings. The molecule has 2 heterocycles. The van der Waals surface area contributed by atoms with Crippen LogP contribution in [0.4, 0.5) is 8.78 Å². The molecule has 3 aromatic rings. The summed E-state index contributed by atoms with van der Waals surface area (Å²) in [7, 11) is 0. The molecule has 1 aliphatic rings. The number of carbonyl (C=O) groups excluding carboxylic acids is 1. The van der Waals surface area contributed by atoms with Crippen molar-refractivity contribution < 1.29 is 37.5 Å². The molecule has 1 aliphatic carbocycles. The summed E-state index contributed by atoms with van der Waals surface area (Å²) in [5.41, 5.74) is -0.0620. The van der Waals surface area contributed by atoms with E-state index in [4.69, 9.17) is 0 Å². The topological polar surface area (TPSA) is 70.3 Å². The molecule has 9 heteroatoms. The Bertz CT molecular complexity index is 1000. The summed E-state index contributed by atoms with van der Waals surface area (Å²) in [5, 5.41) is 11.1. The van der Waals surface area contributed by atoms with E-state index in [2.05, 4.69) is 25.9 Å². The maximum Gasteiger partial charge on any atom is 1.00 e. The van der Waals surface area contributed by atoms with Gasteiger partial charge in [-0.3, -0.25) is 4.40 Å². The summed E-state index contributed by atoms with van der Waals surface area (Å²) < 4.78 is 30.7. The second-order valence-electron chi connectivity index (χ2n) is 5.64. The van der Waals surface area contributed by atoms with Crippen molar-refractivity contribution in [1.29, 1.82) is 0 Å². The minimum absolute atomic E-state index is 0. The molecular weight excluding hydrogens is 391 g/mol. The van der Waals surface area contributed by atoms with Crippen molar-refractivity contribution >= 4 is 27.7 Å². The first-order chi connectivity index (χ1) is 11.5. The van der Waals surface area contributed by atoms with Crippen LogP contribution in [0.3, 0.4) is 0 Å². The van der Waals surface area contributed by atoms with Gasteiger partial charge in [0.25, 0.3) is 0 Å². The zero-order valence-electron chi connectivity index (χ0n) is 13.1. The predicted octanol–water partition coefficient (Wildman–Crippen LogP) is -0.318. The number of fused-ring (bicyclic) bond motifs is 1. The molecule has 0 unspecified atom stereocenters. The van der Waals surface area contributed by atoms with Gasteiger partial charge in [-0.25, -0.2) is 14.4 Å². The maximum absolute atomic E-state index is 14.9. The summed E-state index contributed by atoms with van der Waals surface area (Å²) in [6, 6.07) is 5.48. The van der Waals surface area contributed by atoms with Gasteiger partial charge in [0.2, 0.25) is 11.7 Å². The Morgan fingerprint density at radius 1 is 1.24 bits per heavy atom. The first-order valence-corrected chi connectivity index (χ1v) is 8.00. The van der Waals surface area contributed by atoms with Crippen LogP contribution in [0.2, 0.25) is 0 Å². The number of rotatable bonds is 3. The zero-order valence-corrected chi connectivity index (χ0v) is 14.7. The largest absolute Gasteiger partial charge is 1.00 e. The van der Waals surface area contributed by atoms with Crippen LogP contribution in [0.1, 0.15) is 34.9 Å². The maximum atomic E-state index is 14.9. The van der Waals surface area contributed by atoms with Crippen molar-refractivity contribution in [3.8, 4) is 11.3 Å². The molecule has 122 valence electrons. The van der Waals surface area contributed by atoms with Gasteiger partial charge in [0.1, 0.15) is 11.5 Å². The van der Waals surface area contributed by atoms with E-state index in [0.29, 0.717) is 10.2 Å². The van der Waals surface area contributed by atoms with Crippen molar-refractivity contribution in [2.75, 3.05) is 0 Å². The molecule has 0 radical (unpaired) electrons. The second-order valence-corrected chi connectivity index (χ2v) is 6.55. The van der Waals surface area contributed by atoms with E-state index in [1.165, 1.54) is 18.2 Å². The van der Waals surface area contributed by atoms with Crippen LogP contribution >= 0.6 is 15.9 Å². The minimum Gasteiger partial charge on any atom is -0.543 e. The normalized spacial score (nSPS) is 13.7. The molecule has 0 N–H and O–H groups in total. The molecule has 5 nitrogen and oxygen atoms in total. The number of nitrogens with zero attached hydrogens (tertiary/aromatic N) is 3. The number of carboxylic acid groups (broad SMARTS) is 1. The van der Waals surface area contributed by atoms with Gasteiger partial charge in [0, 0.05) is 15.7 Å². The number of hydrogen-bond donors (Lipinski definition) is 0. The van der Waals surface area contributed by atoms with Crippen molar-refractivity contribution in [2.45, 2.75) is 18.8 Å². The number of aromatic nitrogens is 3. The number of benzene rings is 1. The number of halogens is 3. The summed E-state index contributed by atoms with van der Waals surface area (Å²) in [4.78, 5) is 19.0. The Balaban J connectivity index is 0.00000182. The van der Waals surface area contributed by atoms with Gasteiger partial charge in [-0.2, -0.15) is 4.39 Å². The minimum atomic E-state index is -1.46. The van der Waals surface area contributed by atoms with Crippen LogP contribution < -0.4 is 24.0 Å². The van der Waals surface area contributed by atoms with Gasteiger partial charge in [-0.15, -0.1) is 0 Å². The van der Waals surface area contributed by atoms with Gasteiger partial charge in [0.05, 0.1) is 11.7 Å². The van der Waals surface area contributed by atoms with Crippen LogP contribution in [0.5, 0.6) is 0 Å². The van der Waals surface area contributed by atoms with Gasteiger partial charge in [-0.05, 0) is 43.0 Å². The Kier molecular flexibility index (Phi) is 4.71. The van der Waals surface area contributed by atoms with Crippen molar-refractivity contribution in [3.63, 3.8) is 0 Å². The SMILES string of the molecule is O=C([O-])c1cc(C2CC2)n2c(F)c(-c3ccc(Br)cc3F)nc2n1.[Li+]. The average molecular weight is 400 g/mol. The Morgan fingerprint density at radius 3 is 2.56 bits per heavy atom. The first-order valence-electron chi connectivity index (χ1n) is 7.21. The zero-order chi connectivity index (χ0) is 17.0. The third-order valence-corrected chi connectivity index (χ3v) is 4.45. The molecule has 25 heavy (non-hydrogen) atoms. The van der Waals surface area contributed by atoms with Crippen LogP contribution in [0, 0.1) is 11.8 Å². The molecule has 1 saturated carbocycles. The van der Waals surface area contributed by atoms with Crippen LogP contribution in [0.25, 0.3) is 17.0 Å². The second kappa shape index (κ2) is 6.52. The van der Waals surface area contributed by atoms with Crippen LogP contribution in [-0.4, -0.2) is 20.3 Å². The number of aromatic carboxylic acids is 1. The van der Waals surface area contributed by atoms with E-state index in [1.807, 2.05) is 0 Å². The van der Waals surface area contributed by atoms with Crippen LogP contribution in [-0.2, 0) is 0 Å². The summed E-state index contributed by atoms with van der Waals surface area (Å²) >= 11 is 3.14. The van der Waals surface area contributed by atoms with E-state index >= 15 is 0 Å². The molecular formula is C16H9BrF2LiN3O2. The number of carboxylic acids is 1. The Labute approximate surface area is 161 Å². The number of hydrogen-bond acceptors (Lipinski definition) is 4. The summed E-state index contributed by atoms with van der Waals surface area (Å²) in [6.07, 6.45) is 1.65. The molecule has 4 rings (SSSR count). The van der Waals surface area contributed by atoms with Gasteiger partial charge < -0.3 is 9.90 Å². The predicted molar refractivity (Wildman–Crippen MR) is 82.3 cm³/mol. The van der Waals surface area contributed by atoms with Crippen molar-refractivity contribution in [3.05, 3.63) is 51.9 Å². The number of carbonyl (C=O) groups is 1. The van der Waals surface area contributed by atoms with E-state index in [-0.39, 0.29) is 47.5 Å². The van der Waals surface area contributed by atoms with Gasteiger partial charge in [0.15, 0.2) is 0 Å². The van der Waals surface area contributed by atoms with E-state index in [1.54, 1.807) is 6.07 Å². The fourth-order valence-electron chi connectivity index (χ4n) is 2.68. The standard InChI is InChI=1S/C16H10BrF2N3O2.Li/c17-8-3-4-9(10(18)5-8)13-14(19)22-12(7-1-2-7)6-11(15(23)24)20-16(22)21-13;/h3-7H,1-2H2,(H,23,24);/q;+1/p-1. The average Bonchev–Trinajstić information content (AvgIpc) is 3.32. The molecule has 0 spiro atoms. The number of imidazole rings is 1. The van der Waals surface area contributed by atoms with E-state index < -0.39 is 17.7 Å².